The zero-order valence-corrected chi connectivity index (χ0v) is 20.7. The summed E-state index contributed by atoms with van der Waals surface area (Å²) in [5.41, 5.74) is 8.24. The number of aliphatic hydroxyl groups excluding tert-OH is 1. The topological polar surface area (TPSA) is 179 Å². The van der Waals surface area contributed by atoms with Gasteiger partial charge in [0.1, 0.15) is 18.6 Å². The van der Waals surface area contributed by atoms with E-state index in [1.165, 1.54) is 29.3 Å². The number of nitrogens with two attached hydrogens (primary N) is 1. The van der Waals surface area contributed by atoms with Crippen LogP contribution in [0.25, 0.3) is 0 Å². The number of carbonyl (C=O) groups is 4. The van der Waals surface area contributed by atoms with Crippen molar-refractivity contribution in [2.45, 2.75) is 87.6 Å². The summed E-state index contributed by atoms with van der Waals surface area (Å²) in [5, 5.41) is 33.9. The number of rotatable bonds is 11. The summed E-state index contributed by atoms with van der Waals surface area (Å²) in [6.45, 7) is -0.579. The second-order valence-corrected chi connectivity index (χ2v) is 10.9. The number of hydrogen-bond acceptors (Lipinski definition) is 7. The van der Waals surface area contributed by atoms with Crippen LogP contribution in [0.3, 0.4) is 0 Å². The number of fused-ring (bicyclic) bond motifs is 2. The summed E-state index contributed by atoms with van der Waals surface area (Å²) in [5.74, 6) is -2.76. The van der Waals surface area contributed by atoms with Crippen LogP contribution in [0, 0.1) is 11.8 Å². The third-order valence-corrected chi connectivity index (χ3v) is 8.87. The van der Waals surface area contributed by atoms with Crippen molar-refractivity contribution in [3.05, 3.63) is 11.1 Å². The van der Waals surface area contributed by atoms with Gasteiger partial charge in [-0.15, -0.1) is 11.8 Å². The van der Waals surface area contributed by atoms with Gasteiger partial charge in [-0.05, 0) is 56.8 Å². The molecule has 3 rings (SSSR count). The fourth-order valence-electron chi connectivity index (χ4n) is 5.68. The molecule has 2 amide bonds. The van der Waals surface area contributed by atoms with Crippen molar-refractivity contribution in [3.8, 4) is 0 Å². The third-order valence-electron chi connectivity index (χ3n) is 7.42. The minimum Gasteiger partial charge on any atom is -0.480 e. The lowest BCUT2D eigenvalue weighted by molar-refractivity contribution is -0.139. The molecular formula is C24H37N3O7S. The number of aliphatic hydroxyl groups is 1. The van der Waals surface area contributed by atoms with Crippen LogP contribution in [0.5, 0.6) is 0 Å². The highest BCUT2D eigenvalue weighted by molar-refractivity contribution is 8.00. The van der Waals surface area contributed by atoms with E-state index in [0.717, 1.165) is 44.9 Å². The number of carboxylic acids is 2. The zero-order chi connectivity index (χ0) is 25.5. The zero-order valence-electron chi connectivity index (χ0n) is 19.9. The van der Waals surface area contributed by atoms with E-state index in [0.29, 0.717) is 5.92 Å². The van der Waals surface area contributed by atoms with Crippen molar-refractivity contribution in [1.82, 2.24) is 10.6 Å². The predicted molar refractivity (Wildman–Crippen MR) is 131 cm³/mol. The fraction of sp³-hybridized carbons (Fsp3) is 0.750. The van der Waals surface area contributed by atoms with Gasteiger partial charge in [0, 0.05) is 12.2 Å². The van der Waals surface area contributed by atoms with Gasteiger partial charge >= 0.3 is 11.9 Å². The standard InChI is InChI=1S/C24H37N3O7S/c25-17(24(33)34)9-10-19(28)27-18(23(32)26-11-20(29)30)12-35-22-16-8-4-2-6-14(16)13-5-1-3-7-15(13)21(22)31/h13,15,17-18,21-22,31H,1-12,25H2,(H,26,32)(H,27,28)(H,29,30)(H,33,34). The van der Waals surface area contributed by atoms with Gasteiger partial charge in [0.25, 0.3) is 0 Å². The molecule has 0 radical (unpaired) electrons. The van der Waals surface area contributed by atoms with Crippen molar-refractivity contribution >= 4 is 35.5 Å². The molecule has 1 fully saturated rings. The normalized spacial score (nSPS) is 27.7. The summed E-state index contributed by atoms with van der Waals surface area (Å²) < 4.78 is 0. The smallest absolute Gasteiger partial charge is 0.322 e. The Bertz CT molecular complexity index is 849. The molecule has 10 nitrogen and oxygen atoms in total. The summed E-state index contributed by atoms with van der Waals surface area (Å²) >= 11 is 1.44. The van der Waals surface area contributed by atoms with Gasteiger partial charge in [0.2, 0.25) is 11.8 Å². The van der Waals surface area contributed by atoms with E-state index in [1.807, 2.05) is 0 Å². The Labute approximate surface area is 209 Å². The average Bonchev–Trinajstić information content (AvgIpc) is 2.84. The largest absolute Gasteiger partial charge is 0.480 e. The van der Waals surface area contributed by atoms with E-state index in [1.54, 1.807) is 0 Å². The maximum atomic E-state index is 12.7. The molecule has 0 aromatic carbocycles. The minimum atomic E-state index is -1.21. The Morgan fingerprint density at radius 2 is 1.71 bits per heavy atom. The van der Waals surface area contributed by atoms with Gasteiger partial charge < -0.3 is 31.7 Å². The lowest BCUT2D eigenvalue weighted by Crippen LogP contribution is -2.51. The molecule has 6 unspecified atom stereocenters. The fourth-order valence-corrected chi connectivity index (χ4v) is 7.18. The van der Waals surface area contributed by atoms with Crippen LogP contribution < -0.4 is 16.4 Å². The van der Waals surface area contributed by atoms with Crippen molar-refractivity contribution in [1.29, 1.82) is 0 Å². The Balaban J connectivity index is 1.71. The quantitative estimate of drug-likeness (QED) is 0.221. The first-order chi connectivity index (χ1) is 16.7. The molecule has 0 spiro atoms. The second-order valence-electron chi connectivity index (χ2n) is 9.77. The van der Waals surface area contributed by atoms with E-state index < -0.39 is 48.5 Å². The van der Waals surface area contributed by atoms with E-state index in [9.17, 15) is 24.3 Å². The van der Waals surface area contributed by atoms with E-state index in [2.05, 4.69) is 10.6 Å². The SMILES string of the molecule is NC(CCC(=O)NC(CSC1C2=C(CCCC2)C2CCCCC2C1O)C(=O)NCC(=O)O)C(=O)O. The third kappa shape index (κ3) is 7.20. The molecule has 11 heteroatoms. The Morgan fingerprint density at radius 1 is 1.03 bits per heavy atom. The second kappa shape index (κ2) is 12.7. The maximum absolute atomic E-state index is 12.7. The van der Waals surface area contributed by atoms with Crippen LogP contribution >= 0.6 is 11.8 Å². The molecule has 0 saturated heterocycles. The van der Waals surface area contributed by atoms with Gasteiger partial charge in [0.05, 0.1) is 11.4 Å². The number of nitrogens with one attached hydrogen (secondary N) is 2. The summed E-state index contributed by atoms with van der Waals surface area (Å²) in [7, 11) is 0. The van der Waals surface area contributed by atoms with Crippen molar-refractivity contribution in [2.75, 3.05) is 12.3 Å². The molecule has 196 valence electrons. The number of allylic oxidation sites excluding steroid dienone is 1. The summed E-state index contributed by atoms with van der Waals surface area (Å²) in [6.07, 6.45) is 7.84. The minimum absolute atomic E-state index is 0.0849. The highest BCUT2D eigenvalue weighted by Crippen LogP contribution is 2.51. The molecule has 0 heterocycles. The molecule has 7 N–H and O–H groups in total. The molecular weight excluding hydrogens is 474 g/mol. The van der Waals surface area contributed by atoms with E-state index in [4.69, 9.17) is 15.9 Å². The van der Waals surface area contributed by atoms with Crippen molar-refractivity contribution < 1.29 is 34.5 Å². The Hall–Kier alpha value is -2.11. The van der Waals surface area contributed by atoms with Crippen LogP contribution in [0.1, 0.15) is 64.2 Å². The summed E-state index contributed by atoms with van der Waals surface area (Å²) in [6, 6.07) is -2.20. The van der Waals surface area contributed by atoms with Crippen LogP contribution in [-0.4, -0.2) is 74.8 Å². The predicted octanol–water partition coefficient (Wildman–Crippen LogP) is 1.02. The number of aliphatic carboxylic acids is 2. The highest BCUT2D eigenvalue weighted by Gasteiger charge is 2.45. The van der Waals surface area contributed by atoms with Gasteiger partial charge in [0.15, 0.2) is 0 Å². The molecule has 3 aliphatic rings. The van der Waals surface area contributed by atoms with Gasteiger partial charge in [-0.25, -0.2) is 0 Å². The number of hydrogen-bond donors (Lipinski definition) is 6. The maximum Gasteiger partial charge on any atom is 0.322 e. The van der Waals surface area contributed by atoms with Crippen LogP contribution in [0.2, 0.25) is 0 Å². The first-order valence-electron chi connectivity index (χ1n) is 12.5. The first kappa shape index (κ1) is 27.5. The van der Waals surface area contributed by atoms with Crippen LogP contribution in [-0.2, 0) is 19.2 Å². The molecule has 0 bridgehead atoms. The molecule has 35 heavy (non-hydrogen) atoms. The average molecular weight is 512 g/mol. The van der Waals surface area contributed by atoms with Gasteiger partial charge in [-0.1, -0.05) is 24.0 Å². The molecule has 6 atom stereocenters. The lowest BCUT2D eigenvalue weighted by Gasteiger charge is -2.47. The lowest BCUT2D eigenvalue weighted by atomic mass is 9.63. The highest BCUT2D eigenvalue weighted by atomic mass is 32.2. The number of carboxylic acid groups (broad SMARTS) is 2. The molecule has 0 aliphatic heterocycles. The van der Waals surface area contributed by atoms with E-state index >= 15 is 0 Å². The Kier molecular flexibility index (Phi) is 9.99. The number of carbonyl (C=O) groups excluding carboxylic acids is 2. The molecule has 0 aromatic rings. The van der Waals surface area contributed by atoms with Crippen molar-refractivity contribution in [2.24, 2.45) is 17.6 Å². The first-order valence-corrected chi connectivity index (χ1v) is 13.5. The number of thioether (sulfide) groups is 1. The molecule has 3 aliphatic carbocycles. The number of amides is 2. The van der Waals surface area contributed by atoms with Crippen LogP contribution in [0.4, 0.5) is 0 Å². The summed E-state index contributed by atoms with van der Waals surface area (Å²) in [4.78, 5) is 46.9. The van der Waals surface area contributed by atoms with E-state index in [-0.39, 0.29) is 29.8 Å². The van der Waals surface area contributed by atoms with Gasteiger partial charge in [-0.3, -0.25) is 19.2 Å². The molecule has 0 aromatic heterocycles. The monoisotopic (exact) mass is 511 g/mol. The Morgan fingerprint density at radius 3 is 2.40 bits per heavy atom. The molecule has 1 saturated carbocycles. The van der Waals surface area contributed by atoms with Crippen LogP contribution in [0.15, 0.2) is 11.1 Å². The van der Waals surface area contributed by atoms with Crippen molar-refractivity contribution in [3.63, 3.8) is 0 Å². The van der Waals surface area contributed by atoms with Gasteiger partial charge in [-0.2, -0.15) is 0 Å².